The van der Waals surface area contributed by atoms with Crippen molar-refractivity contribution < 1.29 is 17.9 Å². The number of nitrogens with two attached hydrogens (primary N) is 1. The van der Waals surface area contributed by atoms with Gasteiger partial charge in [0.05, 0.1) is 6.61 Å². The maximum absolute atomic E-state index is 12.0. The molecule has 0 radical (unpaired) electrons. The Morgan fingerprint density at radius 2 is 1.90 bits per heavy atom. The minimum Gasteiger partial charge on any atom is -0.370 e. The first-order chi connectivity index (χ1) is 9.44. The molecule has 3 nitrogen and oxygen atoms in total. The quantitative estimate of drug-likeness (QED) is 0.748. The third kappa shape index (κ3) is 6.25. The zero-order valence-corrected chi connectivity index (χ0v) is 11.6. The maximum Gasteiger partial charge on any atom is 0.411 e. The summed E-state index contributed by atoms with van der Waals surface area (Å²) in [6.07, 6.45) is -3.49. The Hall–Kier alpha value is -1.27. The van der Waals surface area contributed by atoms with Crippen LogP contribution in [0.25, 0.3) is 0 Å². The van der Waals surface area contributed by atoms with E-state index in [2.05, 4.69) is 4.74 Å². The number of nitrogens with zero attached hydrogens (tertiary/aromatic N) is 1. The molecule has 0 aromatic heterocycles. The molecule has 0 unspecified atom stereocenters. The fourth-order valence-electron chi connectivity index (χ4n) is 1.92. The van der Waals surface area contributed by atoms with Crippen LogP contribution in [0.4, 0.5) is 18.9 Å². The predicted octanol–water partition coefficient (Wildman–Crippen LogP) is 2.73. The van der Waals surface area contributed by atoms with E-state index in [0.717, 1.165) is 17.7 Å². The lowest BCUT2D eigenvalue weighted by Gasteiger charge is -2.26. The van der Waals surface area contributed by atoms with Crippen molar-refractivity contribution in [1.29, 1.82) is 0 Å². The van der Waals surface area contributed by atoms with Gasteiger partial charge in [0, 0.05) is 18.8 Å². The van der Waals surface area contributed by atoms with Crippen LogP contribution in [0.15, 0.2) is 24.3 Å². The van der Waals surface area contributed by atoms with E-state index in [9.17, 15) is 13.2 Å². The normalized spacial score (nSPS) is 11.7. The molecule has 0 fully saturated rings. The van der Waals surface area contributed by atoms with Crippen LogP contribution >= 0.6 is 0 Å². The van der Waals surface area contributed by atoms with Crippen LogP contribution in [0.5, 0.6) is 0 Å². The molecular formula is C14H21F3N2O. The summed E-state index contributed by atoms with van der Waals surface area (Å²) in [5.74, 6) is 0. The molecule has 0 aliphatic heterocycles. The zero-order chi connectivity index (χ0) is 15.0. The molecule has 1 aromatic rings. The van der Waals surface area contributed by atoms with Crippen LogP contribution in [0.2, 0.25) is 0 Å². The summed E-state index contributed by atoms with van der Waals surface area (Å²) in [6.45, 7) is 2.48. The molecule has 2 N–H and O–H groups in total. The van der Waals surface area contributed by atoms with Crippen molar-refractivity contribution in [2.75, 3.05) is 37.7 Å². The van der Waals surface area contributed by atoms with Crippen LogP contribution in [-0.2, 0) is 4.74 Å². The lowest BCUT2D eigenvalue weighted by Crippen LogP contribution is -2.31. The maximum atomic E-state index is 12.0. The summed E-state index contributed by atoms with van der Waals surface area (Å²) in [5, 5.41) is 0. The molecule has 1 aromatic carbocycles. The Morgan fingerprint density at radius 1 is 1.20 bits per heavy atom. The number of aryl methyl sites for hydroxylation is 1. The Balaban J connectivity index is 2.55. The third-order valence-corrected chi connectivity index (χ3v) is 2.86. The van der Waals surface area contributed by atoms with Crippen molar-refractivity contribution in [3.8, 4) is 0 Å². The van der Waals surface area contributed by atoms with Crippen molar-refractivity contribution in [2.45, 2.75) is 19.5 Å². The van der Waals surface area contributed by atoms with Gasteiger partial charge in [0.2, 0.25) is 0 Å². The highest BCUT2D eigenvalue weighted by Gasteiger charge is 2.27. The highest BCUT2D eigenvalue weighted by atomic mass is 19.4. The molecule has 1 rings (SSSR count). The Kier molecular flexibility index (Phi) is 6.81. The van der Waals surface area contributed by atoms with Crippen LogP contribution in [0.1, 0.15) is 12.0 Å². The summed E-state index contributed by atoms with van der Waals surface area (Å²) in [6, 6.07) is 7.77. The number of hydrogen-bond donors (Lipinski definition) is 1. The molecule has 0 atom stereocenters. The van der Waals surface area contributed by atoms with Crippen molar-refractivity contribution in [2.24, 2.45) is 5.73 Å². The van der Waals surface area contributed by atoms with Gasteiger partial charge in [-0.1, -0.05) is 18.2 Å². The molecule has 0 saturated heterocycles. The minimum atomic E-state index is -4.27. The molecule has 0 bridgehead atoms. The van der Waals surface area contributed by atoms with Gasteiger partial charge in [-0.25, -0.2) is 0 Å². The molecule has 0 spiro atoms. The second-order valence-corrected chi connectivity index (χ2v) is 4.58. The number of hydrogen-bond acceptors (Lipinski definition) is 3. The second-order valence-electron chi connectivity index (χ2n) is 4.58. The number of alkyl halides is 3. The van der Waals surface area contributed by atoms with Gasteiger partial charge in [0.1, 0.15) is 6.61 Å². The summed E-state index contributed by atoms with van der Waals surface area (Å²) < 4.78 is 40.7. The molecule has 6 heteroatoms. The van der Waals surface area contributed by atoms with E-state index in [1.54, 1.807) is 0 Å². The van der Waals surface area contributed by atoms with E-state index in [1.165, 1.54) is 0 Å². The third-order valence-electron chi connectivity index (χ3n) is 2.86. The standard InChI is InChI=1S/C14H21F3N2O/c1-12-5-2-3-6-13(12)19(8-4-7-18)9-10-20-11-14(15,16)17/h2-3,5-6H,4,7-11,18H2,1H3. The highest BCUT2D eigenvalue weighted by Crippen LogP contribution is 2.19. The van der Waals surface area contributed by atoms with Gasteiger partial charge >= 0.3 is 6.18 Å². The number of rotatable bonds is 8. The van der Waals surface area contributed by atoms with Gasteiger partial charge in [-0.2, -0.15) is 13.2 Å². The smallest absolute Gasteiger partial charge is 0.370 e. The molecular weight excluding hydrogens is 269 g/mol. The largest absolute Gasteiger partial charge is 0.411 e. The zero-order valence-electron chi connectivity index (χ0n) is 11.6. The van der Waals surface area contributed by atoms with E-state index in [-0.39, 0.29) is 6.61 Å². The molecule has 0 heterocycles. The second kappa shape index (κ2) is 8.11. The highest BCUT2D eigenvalue weighted by molar-refractivity contribution is 5.52. The van der Waals surface area contributed by atoms with E-state index in [1.807, 2.05) is 36.1 Å². The van der Waals surface area contributed by atoms with Crippen LogP contribution in [-0.4, -0.2) is 39.0 Å². The fourth-order valence-corrected chi connectivity index (χ4v) is 1.92. The summed E-state index contributed by atoms with van der Waals surface area (Å²) in [4.78, 5) is 2.01. The van der Waals surface area contributed by atoms with E-state index < -0.39 is 12.8 Å². The first-order valence-corrected chi connectivity index (χ1v) is 6.59. The molecule has 0 amide bonds. The van der Waals surface area contributed by atoms with Crippen LogP contribution in [0, 0.1) is 6.92 Å². The SMILES string of the molecule is Cc1ccccc1N(CCCN)CCOCC(F)(F)F. The monoisotopic (exact) mass is 290 g/mol. The molecule has 0 saturated carbocycles. The van der Waals surface area contributed by atoms with Gasteiger partial charge in [-0.05, 0) is 31.5 Å². The van der Waals surface area contributed by atoms with Crippen molar-refractivity contribution in [3.05, 3.63) is 29.8 Å². The summed E-state index contributed by atoms with van der Waals surface area (Å²) in [7, 11) is 0. The summed E-state index contributed by atoms with van der Waals surface area (Å²) >= 11 is 0. The van der Waals surface area contributed by atoms with Crippen LogP contribution in [0.3, 0.4) is 0 Å². The van der Waals surface area contributed by atoms with E-state index in [4.69, 9.17) is 5.73 Å². The lowest BCUT2D eigenvalue weighted by molar-refractivity contribution is -0.173. The van der Waals surface area contributed by atoms with Gasteiger partial charge in [-0.3, -0.25) is 0 Å². The van der Waals surface area contributed by atoms with Crippen molar-refractivity contribution in [3.63, 3.8) is 0 Å². The number of ether oxygens (including phenoxy) is 1. The molecule has 20 heavy (non-hydrogen) atoms. The number of benzene rings is 1. The summed E-state index contributed by atoms with van der Waals surface area (Å²) in [5.41, 5.74) is 7.59. The Bertz CT molecular complexity index is 396. The van der Waals surface area contributed by atoms with Gasteiger partial charge < -0.3 is 15.4 Å². The Labute approximate surface area is 117 Å². The topological polar surface area (TPSA) is 38.5 Å². The number of anilines is 1. The first kappa shape index (κ1) is 16.8. The van der Waals surface area contributed by atoms with Crippen molar-refractivity contribution in [1.82, 2.24) is 0 Å². The average Bonchev–Trinajstić information content (AvgIpc) is 2.38. The van der Waals surface area contributed by atoms with Crippen LogP contribution < -0.4 is 10.6 Å². The Morgan fingerprint density at radius 3 is 2.50 bits per heavy atom. The van der Waals surface area contributed by atoms with Gasteiger partial charge in [-0.15, -0.1) is 0 Å². The van der Waals surface area contributed by atoms with Gasteiger partial charge in [0.15, 0.2) is 0 Å². The minimum absolute atomic E-state index is 0.0401. The predicted molar refractivity (Wildman–Crippen MR) is 73.9 cm³/mol. The number of para-hydroxylation sites is 1. The van der Waals surface area contributed by atoms with E-state index in [0.29, 0.717) is 19.6 Å². The first-order valence-electron chi connectivity index (χ1n) is 6.59. The van der Waals surface area contributed by atoms with Gasteiger partial charge in [0.25, 0.3) is 0 Å². The number of halogens is 3. The average molecular weight is 290 g/mol. The lowest BCUT2D eigenvalue weighted by atomic mass is 10.1. The molecule has 114 valence electrons. The molecule has 0 aliphatic rings. The fraction of sp³-hybridized carbons (Fsp3) is 0.571. The van der Waals surface area contributed by atoms with Crippen molar-refractivity contribution >= 4 is 5.69 Å². The molecule has 0 aliphatic carbocycles. The van der Waals surface area contributed by atoms with E-state index >= 15 is 0 Å².